The van der Waals surface area contributed by atoms with Crippen molar-refractivity contribution >= 4 is 33.3 Å². The maximum Gasteiger partial charge on any atom is 0.264 e. The van der Waals surface area contributed by atoms with E-state index in [0.717, 1.165) is 11.8 Å². The number of nitrogens with zero attached hydrogens (tertiary/aromatic N) is 2. The van der Waals surface area contributed by atoms with Gasteiger partial charge in [-0.05, 0) is 48.9 Å². The van der Waals surface area contributed by atoms with Crippen LogP contribution in [0.15, 0.2) is 53.6 Å². The third-order valence-electron chi connectivity index (χ3n) is 3.61. The zero-order valence-electron chi connectivity index (χ0n) is 13.6. The molecule has 6 nitrogen and oxygen atoms in total. The predicted octanol–water partition coefficient (Wildman–Crippen LogP) is 3.63. The second-order valence-corrected chi connectivity index (χ2v) is 7.60. The van der Waals surface area contributed by atoms with Crippen LogP contribution in [0.5, 0.6) is 0 Å². The van der Waals surface area contributed by atoms with E-state index in [1.165, 1.54) is 36.4 Å². The van der Waals surface area contributed by atoms with Crippen molar-refractivity contribution in [1.29, 1.82) is 0 Å². The average molecular weight is 393 g/mol. The summed E-state index contributed by atoms with van der Waals surface area (Å²) in [6, 6.07) is 9.85. The largest absolute Gasteiger partial charge is 0.384 e. The number of nitrogen functional groups attached to an aromatic ring is 1. The Balaban J connectivity index is 2.00. The van der Waals surface area contributed by atoms with Crippen molar-refractivity contribution in [3.63, 3.8) is 0 Å². The monoisotopic (exact) mass is 392 g/mol. The molecule has 0 aliphatic carbocycles. The molecular formula is C17H14ClFN4O2S. The van der Waals surface area contributed by atoms with Gasteiger partial charge in [0.25, 0.3) is 10.0 Å². The quantitative estimate of drug-likeness (QED) is 0.706. The molecule has 2 heterocycles. The third kappa shape index (κ3) is 3.76. The molecule has 1 aromatic carbocycles. The van der Waals surface area contributed by atoms with E-state index in [-0.39, 0.29) is 27.2 Å². The summed E-state index contributed by atoms with van der Waals surface area (Å²) < 4.78 is 40.8. The summed E-state index contributed by atoms with van der Waals surface area (Å²) in [5.41, 5.74) is 6.97. The summed E-state index contributed by atoms with van der Waals surface area (Å²) in [5, 5.41) is 0.274. The molecule has 3 aromatic rings. The first-order chi connectivity index (χ1) is 12.3. The number of rotatable bonds is 4. The molecule has 0 spiro atoms. The van der Waals surface area contributed by atoms with Gasteiger partial charge in [0.05, 0.1) is 10.7 Å². The van der Waals surface area contributed by atoms with Gasteiger partial charge in [-0.15, -0.1) is 0 Å². The van der Waals surface area contributed by atoms with Crippen molar-refractivity contribution < 1.29 is 12.8 Å². The standard InChI is InChI=1S/C17H14ClFN4O2S/c1-10-2-3-11(19)8-13(10)17-14(18)5-7-16(22-17)23-26(24,25)12-4-6-15(20)21-9-12/h2-9H,1H3,(H2,20,21)(H,22,23). The molecule has 0 radical (unpaired) electrons. The first-order valence-electron chi connectivity index (χ1n) is 7.44. The van der Waals surface area contributed by atoms with Crippen LogP contribution in [0.25, 0.3) is 11.3 Å². The summed E-state index contributed by atoms with van der Waals surface area (Å²) in [5.74, 6) is -0.190. The van der Waals surface area contributed by atoms with Gasteiger partial charge in [-0.2, -0.15) is 0 Å². The fraction of sp³-hybridized carbons (Fsp3) is 0.0588. The minimum atomic E-state index is -3.91. The number of nitrogens with one attached hydrogen (secondary N) is 1. The molecule has 0 amide bonds. The van der Waals surface area contributed by atoms with Crippen LogP contribution >= 0.6 is 11.6 Å². The highest BCUT2D eigenvalue weighted by Gasteiger charge is 2.17. The topological polar surface area (TPSA) is 98.0 Å². The second-order valence-electron chi connectivity index (χ2n) is 5.51. The lowest BCUT2D eigenvalue weighted by molar-refractivity contribution is 0.600. The highest BCUT2D eigenvalue weighted by molar-refractivity contribution is 7.92. The molecule has 0 atom stereocenters. The molecule has 0 aliphatic heterocycles. The van der Waals surface area contributed by atoms with Crippen molar-refractivity contribution in [2.75, 3.05) is 10.5 Å². The number of halogens is 2. The molecule has 0 unspecified atom stereocenters. The Kier molecular flexibility index (Phi) is 4.80. The molecule has 0 saturated carbocycles. The van der Waals surface area contributed by atoms with E-state index >= 15 is 0 Å². The maximum atomic E-state index is 13.6. The van der Waals surface area contributed by atoms with Crippen LogP contribution in [0.4, 0.5) is 16.0 Å². The van der Waals surface area contributed by atoms with Gasteiger partial charge in [0, 0.05) is 11.8 Å². The molecule has 26 heavy (non-hydrogen) atoms. The molecular weight excluding hydrogens is 379 g/mol. The number of aromatic nitrogens is 2. The number of aryl methyl sites for hydroxylation is 1. The number of sulfonamides is 1. The lowest BCUT2D eigenvalue weighted by Crippen LogP contribution is -2.14. The number of anilines is 2. The van der Waals surface area contributed by atoms with E-state index < -0.39 is 15.8 Å². The Hall–Kier alpha value is -2.71. The molecule has 0 aliphatic rings. The first kappa shape index (κ1) is 18.1. The highest BCUT2D eigenvalue weighted by atomic mass is 35.5. The van der Waals surface area contributed by atoms with Crippen molar-refractivity contribution in [3.05, 3.63) is 65.1 Å². The van der Waals surface area contributed by atoms with Crippen molar-refractivity contribution in [2.45, 2.75) is 11.8 Å². The Labute approximate surface area is 154 Å². The van der Waals surface area contributed by atoms with Gasteiger partial charge in [-0.1, -0.05) is 17.7 Å². The third-order valence-corrected chi connectivity index (χ3v) is 5.25. The number of pyridine rings is 2. The lowest BCUT2D eigenvalue weighted by atomic mass is 10.0. The van der Waals surface area contributed by atoms with Gasteiger partial charge in [-0.25, -0.2) is 22.8 Å². The van der Waals surface area contributed by atoms with E-state index in [2.05, 4.69) is 14.7 Å². The summed E-state index contributed by atoms with van der Waals surface area (Å²) in [6.07, 6.45) is 1.14. The van der Waals surface area contributed by atoms with Gasteiger partial charge >= 0.3 is 0 Å². The zero-order chi connectivity index (χ0) is 18.9. The molecule has 0 saturated heterocycles. The summed E-state index contributed by atoms with van der Waals surface area (Å²) in [6.45, 7) is 1.78. The van der Waals surface area contributed by atoms with Crippen LogP contribution in [0, 0.1) is 12.7 Å². The van der Waals surface area contributed by atoms with E-state index in [1.807, 2.05) is 0 Å². The molecule has 3 rings (SSSR count). The number of hydrogen-bond acceptors (Lipinski definition) is 5. The van der Waals surface area contributed by atoms with Crippen molar-refractivity contribution in [2.24, 2.45) is 0 Å². The predicted molar refractivity (Wildman–Crippen MR) is 98.8 cm³/mol. The summed E-state index contributed by atoms with van der Waals surface area (Å²) >= 11 is 6.17. The maximum absolute atomic E-state index is 13.6. The zero-order valence-corrected chi connectivity index (χ0v) is 15.1. The van der Waals surface area contributed by atoms with E-state index in [1.54, 1.807) is 13.0 Å². The average Bonchev–Trinajstić information content (AvgIpc) is 2.59. The second kappa shape index (κ2) is 6.89. The molecule has 0 bridgehead atoms. The van der Waals surface area contributed by atoms with Gasteiger partial charge in [0.1, 0.15) is 22.3 Å². The number of benzene rings is 1. The van der Waals surface area contributed by atoms with Gasteiger partial charge in [0.2, 0.25) is 0 Å². The van der Waals surface area contributed by atoms with Crippen LogP contribution in [0.2, 0.25) is 5.02 Å². The minimum Gasteiger partial charge on any atom is -0.384 e. The first-order valence-corrected chi connectivity index (χ1v) is 9.30. The van der Waals surface area contributed by atoms with Crippen LogP contribution in [-0.4, -0.2) is 18.4 Å². The number of nitrogens with two attached hydrogens (primary N) is 1. The molecule has 3 N–H and O–H groups in total. The van der Waals surface area contributed by atoms with Crippen LogP contribution in [0.3, 0.4) is 0 Å². The fourth-order valence-electron chi connectivity index (χ4n) is 2.28. The fourth-order valence-corrected chi connectivity index (χ4v) is 3.44. The normalized spacial score (nSPS) is 11.3. The smallest absolute Gasteiger partial charge is 0.264 e. The Morgan fingerprint density at radius 1 is 1.15 bits per heavy atom. The molecule has 2 aromatic heterocycles. The molecule has 9 heteroatoms. The van der Waals surface area contributed by atoms with Gasteiger partial charge in [-0.3, -0.25) is 4.72 Å². The van der Waals surface area contributed by atoms with Crippen LogP contribution in [-0.2, 0) is 10.0 Å². The molecule has 134 valence electrons. The number of hydrogen-bond donors (Lipinski definition) is 2. The Morgan fingerprint density at radius 2 is 1.92 bits per heavy atom. The molecule has 0 fully saturated rings. The lowest BCUT2D eigenvalue weighted by Gasteiger charge is -2.11. The highest BCUT2D eigenvalue weighted by Crippen LogP contribution is 2.31. The van der Waals surface area contributed by atoms with E-state index in [9.17, 15) is 12.8 Å². The van der Waals surface area contributed by atoms with Crippen LogP contribution < -0.4 is 10.5 Å². The van der Waals surface area contributed by atoms with E-state index in [4.69, 9.17) is 17.3 Å². The Morgan fingerprint density at radius 3 is 2.62 bits per heavy atom. The van der Waals surface area contributed by atoms with Crippen molar-refractivity contribution in [3.8, 4) is 11.3 Å². The SMILES string of the molecule is Cc1ccc(F)cc1-c1nc(NS(=O)(=O)c2ccc(N)nc2)ccc1Cl. The summed E-state index contributed by atoms with van der Waals surface area (Å²) in [4.78, 5) is 7.94. The minimum absolute atomic E-state index is 0.0462. The van der Waals surface area contributed by atoms with Crippen molar-refractivity contribution in [1.82, 2.24) is 9.97 Å². The van der Waals surface area contributed by atoms with E-state index in [0.29, 0.717) is 5.56 Å². The van der Waals surface area contributed by atoms with Crippen LogP contribution in [0.1, 0.15) is 5.56 Å². The Bertz CT molecular complexity index is 1070. The summed E-state index contributed by atoms with van der Waals surface area (Å²) in [7, 11) is -3.91. The van der Waals surface area contributed by atoms with Gasteiger partial charge < -0.3 is 5.73 Å². The van der Waals surface area contributed by atoms with Gasteiger partial charge in [0.15, 0.2) is 0 Å².